The number of anilines is 3. The number of benzene rings is 1. The van der Waals surface area contributed by atoms with Crippen LogP contribution in [0.15, 0.2) is 36.5 Å². The van der Waals surface area contributed by atoms with Crippen molar-refractivity contribution in [2.24, 2.45) is 5.41 Å². The largest absolute Gasteiger partial charge is 0.354 e. The molecule has 4 nitrogen and oxygen atoms in total. The van der Waals surface area contributed by atoms with Crippen LogP contribution >= 0.6 is 11.6 Å². The van der Waals surface area contributed by atoms with Crippen molar-refractivity contribution in [1.29, 1.82) is 0 Å². The number of halogens is 1. The van der Waals surface area contributed by atoms with Crippen molar-refractivity contribution in [3.05, 3.63) is 47.1 Å². The summed E-state index contributed by atoms with van der Waals surface area (Å²) in [6.07, 6.45) is 1.68. The van der Waals surface area contributed by atoms with Crippen LogP contribution < -0.4 is 10.6 Å². The standard InChI is InChI=1S/C17H20ClN3O/c1-11-13(18)6-5-7-14(11)20-12-8-9-15(19-10-12)21-16(22)17(2,3)4/h5-10,20H,1-4H3,(H,19,21,22). The predicted molar refractivity (Wildman–Crippen MR) is 91.8 cm³/mol. The van der Waals surface area contributed by atoms with Crippen LogP contribution in [0.3, 0.4) is 0 Å². The summed E-state index contributed by atoms with van der Waals surface area (Å²) in [7, 11) is 0. The predicted octanol–water partition coefficient (Wildman–Crippen LogP) is 4.77. The Hall–Kier alpha value is -2.07. The zero-order valence-corrected chi connectivity index (χ0v) is 14.0. The topological polar surface area (TPSA) is 54.0 Å². The molecule has 2 aromatic rings. The maximum Gasteiger partial charge on any atom is 0.230 e. The van der Waals surface area contributed by atoms with Crippen LogP contribution in [-0.4, -0.2) is 10.9 Å². The average molecular weight is 318 g/mol. The summed E-state index contributed by atoms with van der Waals surface area (Å²) in [6.45, 7) is 7.54. The molecule has 0 unspecified atom stereocenters. The van der Waals surface area contributed by atoms with Crippen molar-refractivity contribution in [3.63, 3.8) is 0 Å². The Kier molecular flexibility index (Phi) is 4.71. The second-order valence-corrected chi connectivity index (χ2v) is 6.58. The fourth-order valence-electron chi connectivity index (χ4n) is 1.74. The number of carbonyl (C=O) groups excluding carboxylic acids is 1. The van der Waals surface area contributed by atoms with E-state index < -0.39 is 5.41 Å². The van der Waals surface area contributed by atoms with Gasteiger partial charge < -0.3 is 10.6 Å². The lowest BCUT2D eigenvalue weighted by Gasteiger charge is -2.17. The highest BCUT2D eigenvalue weighted by Gasteiger charge is 2.21. The van der Waals surface area contributed by atoms with Gasteiger partial charge in [0.05, 0.1) is 11.9 Å². The van der Waals surface area contributed by atoms with Gasteiger partial charge in [-0.1, -0.05) is 38.4 Å². The Morgan fingerprint density at radius 1 is 1.18 bits per heavy atom. The van der Waals surface area contributed by atoms with Crippen LogP contribution in [0.2, 0.25) is 5.02 Å². The zero-order chi connectivity index (χ0) is 16.3. The SMILES string of the molecule is Cc1c(Cl)cccc1Nc1ccc(NC(=O)C(C)(C)C)nc1. The van der Waals surface area contributed by atoms with Gasteiger partial charge in [-0.15, -0.1) is 0 Å². The first-order chi connectivity index (χ1) is 10.3. The Bertz CT molecular complexity index is 675. The molecular weight excluding hydrogens is 298 g/mol. The van der Waals surface area contributed by atoms with Crippen LogP contribution in [0.5, 0.6) is 0 Å². The summed E-state index contributed by atoms with van der Waals surface area (Å²) < 4.78 is 0. The van der Waals surface area contributed by atoms with Gasteiger partial charge in [0, 0.05) is 16.1 Å². The number of hydrogen-bond acceptors (Lipinski definition) is 3. The molecule has 2 rings (SSSR count). The monoisotopic (exact) mass is 317 g/mol. The molecule has 0 fully saturated rings. The molecule has 0 aliphatic rings. The maximum absolute atomic E-state index is 11.9. The summed E-state index contributed by atoms with van der Waals surface area (Å²) >= 11 is 6.10. The van der Waals surface area contributed by atoms with Crippen molar-refractivity contribution < 1.29 is 4.79 Å². The highest BCUT2D eigenvalue weighted by molar-refractivity contribution is 6.31. The Morgan fingerprint density at radius 2 is 1.91 bits per heavy atom. The number of nitrogens with one attached hydrogen (secondary N) is 2. The molecule has 0 aliphatic heterocycles. The smallest absolute Gasteiger partial charge is 0.230 e. The minimum Gasteiger partial charge on any atom is -0.354 e. The molecule has 2 N–H and O–H groups in total. The van der Waals surface area contributed by atoms with Gasteiger partial charge in [0.25, 0.3) is 0 Å². The lowest BCUT2D eigenvalue weighted by Crippen LogP contribution is -2.27. The van der Waals surface area contributed by atoms with E-state index in [4.69, 9.17) is 11.6 Å². The second-order valence-electron chi connectivity index (χ2n) is 6.17. The number of pyridine rings is 1. The molecule has 116 valence electrons. The Morgan fingerprint density at radius 3 is 2.50 bits per heavy atom. The zero-order valence-electron chi connectivity index (χ0n) is 13.2. The first-order valence-electron chi connectivity index (χ1n) is 7.07. The number of carbonyl (C=O) groups is 1. The van der Waals surface area contributed by atoms with Crippen molar-refractivity contribution in [1.82, 2.24) is 4.98 Å². The highest BCUT2D eigenvalue weighted by Crippen LogP contribution is 2.26. The number of rotatable bonds is 3. The van der Waals surface area contributed by atoms with Crippen molar-refractivity contribution in [2.75, 3.05) is 10.6 Å². The normalized spacial score (nSPS) is 11.1. The molecule has 22 heavy (non-hydrogen) atoms. The van der Waals surface area contributed by atoms with E-state index in [1.54, 1.807) is 12.3 Å². The van der Waals surface area contributed by atoms with Crippen molar-refractivity contribution in [3.8, 4) is 0 Å². The van der Waals surface area contributed by atoms with E-state index in [0.29, 0.717) is 10.8 Å². The lowest BCUT2D eigenvalue weighted by atomic mass is 9.96. The summed E-state index contributed by atoms with van der Waals surface area (Å²) in [5, 5.41) is 6.77. The third-order valence-electron chi connectivity index (χ3n) is 3.23. The van der Waals surface area contributed by atoms with Crippen LogP contribution in [-0.2, 0) is 4.79 Å². The van der Waals surface area contributed by atoms with E-state index in [1.807, 2.05) is 52.0 Å². The van der Waals surface area contributed by atoms with Crippen LogP contribution in [0, 0.1) is 12.3 Å². The third-order valence-corrected chi connectivity index (χ3v) is 3.64. The maximum atomic E-state index is 11.9. The van der Waals surface area contributed by atoms with Gasteiger partial charge in [-0.05, 0) is 36.8 Å². The van der Waals surface area contributed by atoms with E-state index >= 15 is 0 Å². The van der Waals surface area contributed by atoms with E-state index in [1.165, 1.54) is 0 Å². The number of aromatic nitrogens is 1. The summed E-state index contributed by atoms with van der Waals surface area (Å²) in [5.74, 6) is 0.472. The quantitative estimate of drug-likeness (QED) is 0.857. The molecule has 0 atom stereocenters. The molecule has 0 spiro atoms. The first kappa shape index (κ1) is 16.3. The summed E-state index contributed by atoms with van der Waals surface area (Å²) in [4.78, 5) is 16.2. The average Bonchev–Trinajstić information content (AvgIpc) is 2.45. The third kappa shape index (κ3) is 3.98. The fraction of sp³-hybridized carbons (Fsp3) is 0.294. The van der Waals surface area contributed by atoms with E-state index in [2.05, 4.69) is 15.6 Å². The number of hydrogen-bond donors (Lipinski definition) is 2. The summed E-state index contributed by atoms with van der Waals surface area (Å²) in [6, 6.07) is 9.34. The van der Waals surface area contributed by atoms with Gasteiger partial charge in [0.1, 0.15) is 5.82 Å². The Labute approximate surface area is 135 Å². The molecule has 1 amide bonds. The molecule has 0 radical (unpaired) electrons. The van der Waals surface area contributed by atoms with Gasteiger partial charge in [-0.3, -0.25) is 4.79 Å². The Balaban J connectivity index is 2.09. The molecular formula is C17H20ClN3O. The van der Waals surface area contributed by atoms with Gasteiger partial charge in [0.15, 0.2) is 0 Å². The van der Waals surface area contributed by atoms with Crippen LogP contribution in [0.1, 0.15) is 26.3 Å². The molecule has 1 aromatic carbocycles. The van der Waals surface area contributed by atoms with Gasteiger partial charge in [-0.2, -0.15) is 0 Å². The number of nitrogens with zero attached hydrogens (tertiary/aromatic N) is 1. The molecule has 5 heteroatoms. The molecule has 0 saturated carbocycles. The molecule has 1 aromatic heterocycles. The van der Waals surface area contributed by atoms with E-state index in [-0.39, 0.29) is 5.91 Å². The van der Waals surface area contributed by atoms with Crippen molar-refractivity contribution in [2.45, 2.75) is 27.7 Å². The number of amides is 1. The molecule has 0 bridgehead atoms. The second kappa shape index (κ2) is 6.36. The molecule has 1 heterocycles. The van der Waals surface area contributed by atoms with E-state index in [0.717, 1.165) is 16.9 Å². The fourth-order valence-corrected chi connectivity index (χ4v) is 1.92. The van der Waals surface area contributed by atoms with E-state index in [9.17, 15) is 4.79 Å². The van der Waals surface area contributed by atoms with Gasteiger partial charge in [-0.25, -0.2) is 4.98 Å². The highest BCUT2D eigenvalue weighted by atomic mass is 35.5. The summed E-state index contributed by atoms with van der Waals surface area (Å²) in [5.41, 5.74) is 2.30. The van der Waals surface area contributed by atoms with Crippen LogP contribution in [0.25, 0.3) is 0 Å². The molecule has 0 aliphatic carbocycles. The molecule has 0 saturated heterocycles. The minimum atomic E-state index is -0.448. The minimum absolute atomic E-state index is 0.0635. The lowest BCUT2D eigenvalue weighted by molar-refractivity contribution is -0.123. The van der Waals surface area contributed by atoms with Gasteiger partial charge in [0.2, 0.25) is 5.91 Å². The first-order valence-corrected chi connectivity index (χ1v) is 7.45. The van der Waals surface area contributed by atoms with Crippen molar-refractivity contribution >= 4 is 34.7 Å². The van der Waals surface area contributed by atoms with Gasteiger partial charge >= 0.3 is 0 Å². The van der Waals surface area contributed by atoms with Crippen LogP contribution in [0.4, 0.5) is 17.2 Å².